The molecule has 0 radical (unpaired) electrons. The van der Waals surface area contributed by atoms with Gasteiger partial charge < -0.3 is 14.9 Å². The van der Waals surface area contributed by atoms with Crippen molar-refractivity contribution in [2.75, 3.05) is 25.5 Å². The van der Waals surface area contributed by atoms with E-state index in [2.05, 4.69) is 4.98 Å². The number of nitro groups is 1. The molecule has 0 saturated carbocycles. The van der Waals surface area contributed by atoms with Crippen LogP contribution in [0.2, 0.25) is 0 Å². The van der Waals surface area contributed by atoms with E-state index >= 15 is 0 Å². The third kappa shape index (κ3) is 5.43. The van der Waals surface area contributed by atoms with Crippen molar-refractivity contribution in [1.29, 1.82) is 0 Å². The molecule has 2 aromatic carbocycles. The van der Waals surface area contributed by atoms with Gasteiger partial charge in [-0.1, -0.05) is 24.3 Å². The summed E-state index contributed by atoms with van der Waals surface area (Å²) in [7, 11) is 3.33. The van der Waals surface area contributed by atoms with Gasteiger partial charge in [0, 0.05) is 49.3 Å². The topological polar surface area (TPSA) is 117 Å². The SMILES string of the molecule is CN(CC(=O)O)C(=O)c1ccc(CN(C)c2nc(-c3cccc([N+](=O)[O-])c3)cs2)cc1. The Morgan fingerprint density at radius 1 is 1.16 bits per heavy atom. The number of aliphatic carboxylic acids is 1. The number of anilines is 1. The summed E-state index contributed by atoms with van der Waals surface area (Å²) in [5, 5.41) is 22.4. The van der Waals surface area contributed by atoms with E-state index in [1.54, 1.807) is 24.3 Å². The van der Waals surface area contributed by atoms with E-state index in [0.717, 1.165) is 15.6 Å². The lowest BCUT2D eigenvalue weighted by atomic mass is 10.1. The number of hydrogen-bond donors (Lipinski definition) is 1. The molecule has 1 aromatic heterocycles. The van der Waals surface area contributed by atoms with E-state index in [9.17, 15) is 19.7 Å². The Labute approximate surface area is 182 Å². The third-order valence-electron chi connectivity index (χ3n) is 4.51. The Morgan fingerprint density at radius 2 is 1.87 bits per heavy atom. The van der Waals surface area contributed by atoms with E-state index < -0.39 is 10.9 Å². The second kappa shape index (κ2) is 9.35. The second-order valence-electron chi connectivity index (χ2n) is 6.93. The highest BCUT2D eigenvalue weighted by Gasteiger charge is 2.15. The average Bonchev–Trinajstić information content (AvgIpc) is 3.24. The molecule has 0 saturated heterocycles. The first kappa shape index (κ1) is 21.9. The molecule has 0 atom stereocenters. The number of amides is 1. The standard InChI is InChI=1S/C21H20N4O5S/c1-23(12-19(26)27)20(28)15-8-6-14(7-9-15)11-24(2)21-22-18(13-31-21)16-4-3-5-17(10-16)25(29)30/h3-10,13H,11-12H2,1-2H3,(H,26,27). The Morgan fingerprint density at radius 3 is 2.52 bits per heavy atom. The highest BCUT2D eigenvalue weighted by atomic mass is 32.1. The maximum absolute atomic E-state index is 12.2. The smallest absolute Gasteiger partial charge is 0.323 e. The molecule has 9 nitrogen and oxygen atoms in total. The van der Waals surface area contributed by atoms with Crippen molar-refractivity contribution in [3.63, 3.8) is 0 Å². The molecule has 10 heteroatoms. The molecule has 3 aromatic rings. The van der Waals surface area contributed by atoms with Crippen LogP contribution in [-0.2, 0) is 11.3 Å². The van der Waals surface area contributed by atoms with Crippen LogP contribution in [-0.4, -0.2) is 52.4 Å². The average molecular weight is 440 g/mol. The number of likely N-dealkylation sites (N-methyl/N-ethyl adjacent to an activating group) is 1. The lowest BCUT2D eigenvalue weighted by Gasteiger charge is -2.17. The van der Waals surface area contributed by atoms with E-state index in [4.69, 9.17) is 5.11 Å². The quantitative estimate of drug-likeness (QED) is 0.421. The summed E-state index contributed by atoms with van der Waals surface area (Å²) in [4.78, 5) is 41.2. The number of benzene rings is 2. The van der Waals surface area contributed by atoms with Crippen LogP contribution in [0.1, 0.15) is 15.9 Å². The van der Waals surface area contributed by atoms with Crippen LogP contribution >= 0.6 is 11.3 Å². The number of aromatic nitrogens is 1. The number of carbonyl (C=O) groups is 2. The lowest BCUT2D eigenvalue weighted by Crippen LogP contribution is -2.31. The monoisotopic (exact) mass is 440 g/mol. The maximum atomic E-state index is 12.2. The minimum Gasteiger partial charge on any atom is -0.480 e. The van der Waals surface area contributed by atoms with Gasteiger partial charge in [-0.05, 0) is 17.7 Å². The maximum Gasteiger partial charge on any atom is 0.323 e. The molecule has 1 N–H and O–H groups in total. The number of thiazole rings is 1. The Balaban J connectivity index is 1.68. The van der Waals surface area contributed by atoms with Gasteiger partial charge in [0.1, 0.15) is 6.54 Å². The normalized spacial score (nSPS) is 10.5. The summed E-state index contributed by atoms with van der Waals surface area (Å²) in [5.74, 6) is -1.43. The van der Waals surface area contributed by atoms with Gasteiger partial charge >= 0.3 is 5.97 Å². The summed E-state index contributed by atoms with van der Waals surface area (Å²) < 4.78 is 0. The number of nitro benzene ring substituents is 1. The molecule has 0 aliphatic carbocycles. The van der Waals surface area contributed by atoms with Gasteiger partial charge in [-0.15, -0.1) is 11.3 Å². The van der Waals surface area contributed by atoms with Gasteiger partial charge in [0.2, 0.25) is 0 Å². The van der Waals surface area contributed by atoms with Gasteiger partial charge in [-0.3, -0.25) is 19.7 Å². The molecular formula is C21H20N4O5S. The fourth-order valence-electron chi connectivity index (χ4n) is 2.94. The predicted molar refractivity (Wildman–Crippen MR) is 117 cm³/mol. The van der Waals surface area contributed by atoms with Crippen LogP contribution in [0.5, 0.6) is 0 Å². The van der Waals surface area contributed by atoms with E-state index in [1.165, 1.54) is 30.5 Å². The van der Waals surface area contributed by atoms with Crippen molar-refractivity contribution in [3.8, 4) is 11.3 Å². The van der Waals surface area contributed by atoms with Crippen molar-refractivity contribution in [2.45, 2.75) is 6.54 Å². The number of non-ortho nitro benzene ring substituents is 1. The summed E-state index contributed by atoms with van der Waals surface area (Å²) in [6.07, 6.45) is 0. The minimum atomic E-state index is -1.07. The molecule has 0 bridgehead atoms. The lowest BCUT2D eigenvalue weighted by molar-refractivity contribution is -0.384. The molecule has 160 valence electrons. The van der Waals surface area contributed by atoms with Crippen molar-refractivity contribution < 1.29 is 19.6 Å². The van der Waals surface area contributed by atoms with Crippen LogP contribution in [0.3, 0.4) is 0 Å². The van der Waals surface area contributed by atoms with Crippen LogP contribution in [0.15, 0.2) is 53.9 Å². The van der Waals surface area contributed by atoms with Crippen molar-refractivity contribution in [2.24, 2.45) is 0 Å². The molecule has 0 aliphatic heterocycles. The molecule has 0 fully saturated rings. The van der Waals surface area contributed by atoms with Gasteiger partial charge in [-0.25, -0.2) is 4.98 Å². The Bertz CT molecular complexity index is 1110. The molecule has 31 heavy (non-hydrogen) atoms. The molecular weight excluding hydrogens is 420 g/mol. The summed E-state index contributed by atoms with van der Waals surface area (Å²) in [5.41, 5.74) is 2.73. The van der Waals surface area contributed by atoms with Crippen LogP contribution < -0.4 is 4.90 Å². The molecule has 0 aliphatic rings. The number of carboxylic acid groups (broad SMARTS) is 1. The number of nitrogens with zero attached hydrogens (tertiary/aromatic N) is 4. The number of carbonyl (C=O) groups excluding carboxylic acids is 1. The predicted octanol–water partition coefficient (Wildman–Crippen LogP) is 3.51. The van der Waals surface area contributed by atoms with E-state index in [1.807, 2.05) is 29.5 Å². The third-order valence-corrected chi connectivity index (χ3v) is 5.47. The minimum absolute atomic E-state index is 0.0176. The fourth-order valence-corrected chi connectivity index (χ4v) is 3.74. The zero-order valence-corrected chi connectivity index (χ0v) is 17.7. The van der Waals surface area contributed by atoms with Crippen molar-refractivity contribution in [3.05, 3.63) is 75.2 Å². The molecule has 0 spiro atoms. The second-order valence-corrected chi connectivity index (χ2v) is 7.77. The highest BCUT2D eigenvalue weighted by molar-refractivity contribution is 7.14. The van der Waals surface area contributed by atoms with Crippen molar-refractivity contribution in [1.82, 2.24) is 9.88 Å². The first-order chi connectivity index (χ1) is 14.7. The molecule has 0 unspecified atom stereocenters. The largest absolute Gasteiger partial charge is 0.480 e. The number of rotatable bonds is 8. The van der Waals surface area contributed by atoms with Gasteiger partial charge in [-0.2, -0.15) is 0 Å². The van der Waals surface area contributed by atoms with Crippen LogP contribution in [0.4, 0.5) is 10.8 Å². The molecule has 1 amide bonds. The number of hydrogen-bond acceptors (Lipinski definition) is 7. The molecule has 1 heterocycles. The molecule has 3 rings (SSSR count). The Kier molecular flexibility index (Phi) is 6.61. The Hall–Kier alpha value is -3.79. The van der Waals surface area contributed by atoms with Crippen LogP contribution in [0.25, 0.3) is 11.3 Å². The fraction of sp³-hybridized carbons (Fsp3) is 0.190. The zero-order chi connectivity index (χ0) is 22.5. The number of carboxylic acids is 1. The summed E-state index contributed by atoms with van der Waals surface area (Å²) in [6, 6.07) is 13.3. The first-order valence-corrected chi connectivity index (χ1v) is 10.1. The first-order valence-electron chi connectivity index (χ1n) is 9.22. The van der Waals surface area contributed by atoms with Gasteiger partial charge in [0.05, 0.1) is 10.6 Å². The summed E-state index contributed by atoms with van der Waals surface area (Å²) in [6.45, 7) is 0.182. The van der Waals surface area contributed by atoms with Gasteiger partial charge in [0.25, 0.3) is 11.6 Å². The van der Waals surface area contributed by atoms with Crippen molar-refractivity contribution >= 4 is 34.0 Å². The van der Waals surface area contributed by atoms with Crippen LogP contribution in [0, 0.1) is 10.1 Å². The van der Waals surface area contributed by atoms with E-state index in [0.29, 0.717) is 23.4 Å². The zero-order valence-electron chi connectivity index (χ0n) is 16.9. The summed E-state index contributed by atoms with van der Waals surface area (Å²) >= 11 is 1.43. The van der Waals surface area contributed by atoms with Gasteiger partial charge in [0.15, 0.2) is 5.13 Å². The highest BCUT2D eigenvalue weighted by Crippen LogP contribution is 2.29. The van der Waals surface area contributed by atoms with E-state index in [-0.39, 0.29) is 18.1 Å².